The van der Waals surface area contributed by atoms with E-state index in [0.717, 1.165) is 45.1 Å². The molecule has 33 heavy (non-hydrogen) atoms. The molecule has 4 aromatic carbocycles. The zero-order chi connectivity index (χ0) is 22.6. The first kappa shape index (κ1) is 21.3. The molecule has 0 spiro atoms. The van der Waals surface area contributed by atoms with E-state index in [0.29, 0.717) is 5.02 Å². The van der Waals surface area contributed by atoms with Crippen LogP contribution in [-0.2, 0) is 0 Å². The maximum Gasteiger partial charge on any atom is 0.0832 e. The molecule has 0 radical (unpaired) electrons. The van der Waals surface area contributed by atoms with Crippen LogP contribution in [0.1, 0.15) is 34.7 Å². The minimum Gasteiger partial charge on any atom is -0.257 e. The van der Waals surface area contributed by atoms with Gasteiger partial charge in [-0.3, -0.25) is 5.01 Å². The Bertz CT molecular complexity index is 1350. The molecule has 0 saturated carbocycles. The summed E-state index contributed by atoms with van der Waals surface area (Å²) in [4.78, 5) is 0. The highest BCUT2D eigenvalue weighted by molar-refractivity contribution is 6.30. The Morgan fingerprint density at radius 3 is 2.03 bits per heavy atom. The molecule has 1 atom stereocenters. The van der Waals surface area contributed by atoms with Crippen LogP contribution in [0.3, 0.4) is 0 Å². The van der Waals surface area contributed by atoms with Crippen LogP contribution in [0.15, 0.2) is 108 Å². The summed E-state index contributed by atoms with van der Waals surface area (Å²) in [6.45, 7) is 0. The smallest absolute Gasteiger partial charge is 0.0832 e. The van der Waals surface area contributed by atoms with Gasteiger partial charge < -0.3 is 0 Å². The number of para-hydroxylation sites is 1. The Kier molecular flexibility index (Phi) is 6.17. The highest BCUT2D eigenvalue weighted by atomic mass is 35.5. The molecular weight excluding hydrogens is 447 g/mol. The number of hydrogen-bond acceptors (Lipinski definition) is 2. The molecule has 0 N–H and O–H groups in total. The standard InChI is InChI=1S/C29H20Cl2N2/c30-25-17-13-22(14-18-25)10-9-21-11-15-23(16-12-21)28-20-29(24-5-4-6-26(31)19-24)33(32-28)27-7-2-1-3-8-27/h1-8,11-19,29H,20H2. The van der Waals surface area contributed by atoms with Crippen molar-refractivity contribution in [1.29, 1.82) is 0 Å². The molecule has 0 saturated heterocycles. The van der Waals surface area contributed by atoms with Gasteiger partial charge >= 0.3 is 0 Å². The summed E-state index contributed by atoms with van der Waals surface area (Å²) < 4.78 is 0. The Labute approximate surface area is 204 Å². The second kappa shape index (κ2) is 9.55. The number of rotatable bonds is 3. The topological polar surface area (TPSA) is 15.6 Å². The van der Waals surface area contributed by atoms with Gasteiger partial charge in [0.25, 0.3) is 0 Å². The molecule has 160 valence electrons. The molecule has 1 heterocycles. The van der Waals surface area contributed by atoms with Crippen molar-refractivity contribution in [3.05, 3.63) is 135 Å². The van der Waals surface area contributed by atoms with Crippen LogP contribution in [0.2, 0.25) is 10.0 Å². The monoisotopic (exact) mass is 466 g/mol. The van der Waals surface area contributed by atoms with Gasteiger partial charge in [-0.1, -0.05) is 77.5 Å². The predicted molar refractivity (Wildman–Crippen MR) is 138 cm³/mol. The van der Waals surface area contributed by atoms with E-state index in [1.807, 2.05) is 72.8 Å². The Hall–Kier alpha value is -3.51. The summed E-state index contributed by atoms with van der Waals surface area (Å²) in [5.74, 6) is 6.40. The molecule has 2 nitrogen and oxygen atoms in total. The number of anilines is 1. The van der Waals surface area contributed by atoms with Crippen LogP contribution in [-0.4, -0.2) is 5.71 Å². The molecule has 4 aromatic rings. The number of hydrazone groups is 1. The van der Waals surface area contributed by atoms with Gasteiger partial charge in [0.2, 0.25) is 0 Å². The first-order valence-corrected chi connectivity index (χ1v) is 11.5. The van der Waals surface area contributed by atoms with Crippen LogP contribution in [0.5, 0.6) is 0 Å². The van der Waals surface area contributed by atoms with Crippen molar-refractivity contribution in [2.45, 2.75) is 12.5 Å². The maximum absolute atomic E-state index is 6.29. The highest BCUT2D eigenvalue weighted by Crippen LogP contribution is 2.37. The zero-order valence-electron chi connectivity index (χ0n) is 17.7. The highest BCUT2D eigenvalue weighted by Gasteiger charge is 2.29. The minimum absolute atomic E-state index is 0.0884. The molecule has 1 unspecified atom stereocenters. The Morgan fingerprint density at radius 2 is 1.36 bits per heavy atom. The quantitative estimate of drug-likeness (QED) is 0.281. The van der Waals surface area contributed by atoms with Gasteiger partial charge in [-0.15, -0.1) is 0 Å². The van der Waals surface area contributed by atoms with Crippen molar-refractivity contribution in [1.82, 2.24) is 0 Å². The number of nitrogens with zero attached hydrogens (tertiary/aromatic N) is 2. The average Bonchev–Trinajstić information content (AvgIpc) is 3.30. The van der Waals surface area contributed by atoms with E-state index in [2.05, 4.69) is 47.2 Å². The lowest BCUT2D eigenvalue weighted by atomic mass is 9.97. The van der Waals surface area contributed by atoms with Crippen LogP contribution >= 0.6 is 23.2 Å². The summed E-state index contributed by atoms with van der Waals surface area (Å²) in [6, 6.07) is 34.2. The van der Waals surface area contributed by atoms with E-state index in [1.165, 1.54) is 0 Å². The van der Waals surface area contributed by atoms with Gasteiger partial charge in [-0.2, -0.15) is 5.10 Å². The summed E-state index contributed by atoms with van der Waals surface area (Å²) >= 11 is 12.2. The fraction of sp³-hybridized carbons (Fsp3) is 0.0690. The van der Waals surface area contributed by atoms with Gasteiger partial charge in [0, 0.05) is 27.6 Å². The Morgan fingerprint density at radius 1 is 0.697 bits per heavy atom. The van der Waals surface area contributed by atoms with Crippen molar-refractivity contribution in [2.24, 2.45) is 5.10 Å². The third-order valence-corrected chi connectivity index (χ3v) is 6.07. The molecular formula is C29H20Cl2N2. The predicted octanol–water partition coefficient (Wildman–Crippen LogP) is 7.75. The molecule has 4 heteroatoms. The first-order valence-electron chi connectivity index (χ1n) is 10.7. The molecule has 1 aliphatic heterocycles. The van der Waals surface area contributed by atoms with Gasteiger partial charge in [-0.25, -0.2) is 0 Å². The lowest BCUT2D eigenvalue weighted by molar-refractivity contribution is 0.709. The van der Waals surface area contributed by atoms with Crippen LogP contribution in [0.4, 0.5) is 5.69 Å². The van der Waals surface area contributed by atoms with E-state index < -0.39 is 0 Å². The van der Waals surface area contributed by atoms with E-state index in [9.17, 15) is 0 Å². The normalized spacial score (nSPS) is 15.0. The van der Waals surface area contributed by atoms with Crippen LogP contribution in [0.25, 0.3) is 0 Å². The van der Waals surface area contributed by atoms with E-state index in [1.54, 1.807) is 0 Å². The second-order valence-corrected chi connectivity index (χ2v) is 8.71. The lowest BCUT2D eigenvalue weighted by Crippen LogP contribution is -2.18. The zero-order valence-corrected chi connectivity index (χ0v) is 19.3. The summed E-state index contributed by atoms with van der Waals surface area (Å²) in [6.07, 6.45) is 0.797. The molecule has 0 aromatic heterocycles. The molecule has 5 rings (SSSR count). The Balaban J connectivity index is 1.42. The third-order valence-electron chi connectivity index (χ3n) is 5.58. The lowest BCUT2D eigenvalue weighted by Gasteiger charge is -2.24. The van der Waals surface area contributed by atoms with Crippen molar-refractivity contribution < 1.29 is 0 Å². The molecule has 0 amide bonds. The maximum atomic E-state index is 6.29. The number of hydrogen-bond donors (Lipinski definition) is 0. The summed E-state index contributed by atoms with van der Waals surface area (Å²) in [5.41, 5.74) is 6.24. The van der Waals surface area contributed by atoms with Gasteiger partial charge in [0.1, 0.15) is 0 Å². The van der Waals surface area contributed by atoms with Gasteiger partial charge in [0.05, 0.1) is 17.4 Å². The van der Waals surface area contributed by atoms with Crippen molar-refractivity contribution in [3.63, 3.8) is 0 Å². The first-order chi connectivity index (χ1) is 16.2. The third kappa shape index (κ3) is 4.96. The fourth-order valence-electron chi connectivity index (χ4n) is 3.90. The van der Waals surface area contributed by atoms with Crippen LogP contribution in [0, 0.1) is 11.8 Å². The van der Waals surface area contributed by atoms with Gasteiger partial charge in [-0.05, 0) is 71.8 Å². The SMILES string of the molecule is Clc1ccc(C#Cc2ccc(C3=NN(c4ccccc4)C(c4cccc(Cl)c4)C3)cc2)cc1. The largest absolute Gasteiger partial charge is 0.257 e. The van der Waals surface area contributed by atoms with Crippen molar-refractivity contribution in [2.75, 3.05) is 5.01 Å². The van der Waals surface area contributed by atoms with Crippen LogP contribution < -0.4 is 5.01 Å². The van der Waals surface area contributed by atoms with E-state index in [-0.39, 0.29) is 6.04 Å². The van der Waals surface area contributed by atoms with E-state index >= 15 is 0 Å². The molecule has 1 aliphatic rings. The molecule has 0 aliphatic carbocycles. The van der Waals surface area contributed by atoms with Crippen molar-refractivity contribution in [3.8, 4) is 11.8 Å². The summed E-state index contributed by atoms with van der Waals surface area (Å²) in [7, 11) is 0. The van der Waals surface area contributed by atoms with E-state index in [4.69, 9.17) is 28.3 Å². The number of benzene rings is 4. The molecule has 0 fully saturated rings. The molecule has 0 bridgehead atoms. The summed E-state index contributed by atoms with van der Waals surface area (Å²) in [5, 5.41) is 8.54. The van der Waals surface area contributed by atoms with Crippen molar-refractivity contribution >= 4 is 34.6 Å². The minimum atomic E-state index is 0.0884. The second-order valence-electron chi connectivity index (χ2n) is 7.84. The number of halogens is 2. The average molecular weight is 467 g/mol. The van der Waals surface area contributed by atoms with Gasteiger partial charge in [0.15, 0.2) is 0 Å². The fourth-order valence-corrected chi connectivity index (χ4v) is 4.23.